The van der Waals surface area contributed by atoms with Crippen LogP contribution < -0.4 is 0 Å². The fraction of sp³-hybridized carbons (Fsp3) is 0.200. The Hall–Kier alpha value is -1.23. The van der Waals surface area contributed by atoms with E-state index in [0.29, 0.717) is 0 Å². The SMILES string of the molecule is CC(=N)SC(=N)Cc1ccc(F)cc1F. The van der Waals surface area contributed by atoms with Crippen molar-refractivity contribution in [1.29, 1.82) is 10.8 Å². The molecule has 80 valence electrons. The maximum absolute atomic E-state index is 13.1. The molecular weight excluding hydrogens is 218 g/mol. The summed E-state index contributed by atoms with van der Waals surface area (Å²) in [4.78, 5) is 0. The van der Waals surface area contributed by atoms with Gasteiger partial charge in [0.15, 0.2) is 0 Å². The number of rotatable bonds is 2. The molecule has 1 aromatic rings. The number of halogens is 2. The average Bonchev–Trinajstić information content (AvgIpc) is 2.08. The molecule has 0 heterocycles. The van der Waals surface area contributed by atoms with Crippen LogP contribution >= 0.6 is 11.8 Å². The quantitative estimate of drug-likeness (QED) is 0.592. The lowest BCUT2D eigenvalue weighted by molar-refractivity contribution is 0.576. The zero-order valence-electron chi connectivity index (χ0n) is 8.10. The van der Waals surface area contributed by atoms with E-state index in [-0.39, 0.29) is 22.1 Å². The Balaban J connectivity index is 2.72. The van der Waals surface area contributed by atoms with Crippen LogP contribution in [0, 0.1) is 22.5 Å². The third-order valence-electron chi connectivity index (χ3n) is 1.64. The highest BCUT2D eigenvalue weighted by atomic mass is 32.2. The van der Waals surface area contributed by atoms with Gasteiger partial charge < -0.3 is 0 Å². The second-order valence-electron chi connectivity index (χ2n) is 2.99. The topological polar surface area (TPSA) is 47.7 Å². The summed E-state index contributed by atoms with van der Waals surface area (Å²) >= 11 is 0.968. The minimum atomic E-state index is -0.650. The third kappa shape index (κ3) is 3.79. The first-order chi connectivity index (χ1) is 6.99. The minimum absolute atomic E-state index is 0.0903. The summed E-state index contributed by atoms with van der Waals surface area (Å²) in [6.07, 6.45) is 0.0903. The molecule has 0 atom stereocenters. The summed E-state index contributed by atoms with van der Waals surface area (Å²) in [5, 5.41) is 15.1. The van der Waals surface area contributed by atoms with Gasteiger partial charge in [-0.2, -0.15) is 0 Å². The summed E-state index contributed by atoms with van der Waals surface area (Å²) < 4.78 is 25.7. The standard InChI is InChI=1S/C10H10F2N2S/c1-6(13)15-10(14)4-7-2-3-8(11)5-9(7)12/h2-3,5,13-14H,4H2,1H3. The van der Waals surface area contributed by atoms with E-state index >= 15 is 0 Å². The van der Waals surface area contributed by atoms with Crippen molar-refractivity contribution in [3.05, 3.63) is 35.4 Å². The lowest BCUT2D eigenvalue weighted by atomic mass is 10.1. The number of nitrogens with one attached hydrogen (secondary N) is 2. The van der Waals surface area contributed by atoms with Crippen LogP contribution in [-0.2, 0) is 6.42 Å². The molecule has 0 saturated carbocycles. The maximum Gasteiger partial charge on any atom is 0.129 e. The molecule has 0 fully saturated rings. The van der Waals surface area contributed by atoms with Gasteiger partial charge >= 0.3 is 0 Å². The number of hydrogen-bond acceptors (Lipinski definition) is 3. The van der Waals surface area contributed by atoms with Gasteiger partial charge in [-0.05, 0) is 18.6 Å². The van der Waals surface area contributed by atoms with Crippen LogP contribution in [0.25, 0.3) is 0 Å². The Kier molecular flexibility index (Phi) is 3.96. The first kappa shape index (κ1) is 11.8. The van der Waals surface area contributed by atoms with Gasteiger partial charge in [0.2, 0.25) is 0 Å². The lowest BCUT2D eigenvalue weighted by Crippen LogP contribution is -2.01. The van der Waals surface area contributed by atoms with Gasteiger partial charge in [-0.1, -0.05) is 17.8 Å². The molecule has 0 amide bonds. The molecule has 0 aliphatic heterocycles. The summed E-state index contributed by atoms with van der Waals surface area (Å²) in [5.41, 5.74) is 0.273. The highest BCUT2D eigenvalue weighted by molar-refractivity contribution is 8.26. The molecule has 5 heteroatoms. The Morgan fingerprint density at radius 2 is 2.00 bits per heavy atom. The number of benzene rings is 1. The Morgan fingerprint density at radius 1 is 1.33 bits per heavy atom. The van der Waals surface area contributed by atoms with Gasteiger partial charge in [-0.15, -0.1) is 0 Å². The molecule has 1 aromatic carbocycles. The van der Waals surface area contributed by atoms with Crippen molar-refractivity contribution in [2.75, 3.05) is 0 Å². The number of thioether (sulfide) groups is 1. The minimum Gasteiger partial charge on any atom is -0.298 e. The van der Waals surface area contributed by atoms with E-state index in [1.165, 1.54) is 6.07 Å². The second-order valence-corrected chi connectivity index (χ2v) is 4.30. The van der Waals surface area contributed by atoms with Gasteiger partial charge in [-0.25, -0.2) is 8.78 Å². The molecular formula is C10H10F2N2S. The van der Waals surface area contributed by atoms with E-state index in [0.717, 1.165) is 23.9 Å². The molecule has 2 N–H and O–H groups in total. The first-order valence-electron chi connectivity index (χ1n) is 4.23. The Labute approximate surface area is 90.7 Å². The molecule has 1 rings (SSSR count). The van der Waals surface area contributed by atoms with Crippen molar-refractivity contribution in [2.45, 2.75) is 13.3 Å². The molecule has 0 aromatic heterocycles. The third-order valence-corrected chi connectivity index (χ3v) is 2.34. The smallest absolute Gasteiger partial charge is 0.129 e. The van der Waals surface area contributed by atoms with E-state index in [2.05, 4.69) is 0 Å². The van der Waals surface area contributed by atoms with Crippen LogP contribution in [0.2, 0.25) is 0 Å². The van der Waals surface area contributed by atoms with Crippen molar-refractivity contribution >= 4 is 21.8 Å². The molecule has 0 unspecified atom stereocenters. The molecule has 15 heavy (non-hydrogen) atoms. The van der Waals surface area contributed by atoms with E-state index in [1.807, 2.05) is 0 Å². The predicted molar refractivity (Wildman–Crippen MR) is 58.8 cm³/mol. The average molecular weight is 228 g/mol. The van der Waals surface area contributed by atoms with Crippen LogP contribution in [0.5, 0.6) is 0 Å². The molecule has 0 aliphatic rings. The normalized spacial score (nSPS) is 10.1. The second kappa shape index (κ2) is 5.02. The van der Waals surface area contributed by atoms with Gasteiger partial charge in [-0.3, -0.25) is 10.8 Å². The van der Waals surface area contributed by atoms with E-state index < -0.39 is 11.6 Å². The Bertz CT molecular complexity index is 404. The lowest BCUT2D eigenvalue weighted by Gasteiger charge is -2.03. The van der Waals surface area contributed by atoms with Gasteiger partial charge in [0.25, 0.3) is 0 Å². The highest BCUT2D eigenvalue weighted by Crippen LogP contribution is 2.14. The first-order valence-corrected chi connectivity index (χ1v) is 5.05. The van der Waals surface area contributed by atoms with Crippen molar-refractivity contribution in [1.82, 2.24) is 0 Å². The zero-order chi connectivity index (χ0) is 11.4. The molecule has 2 nitrogen and oxygen atoms in total. The molecule has 0 radical (unpaired) electrons. The van der Waals surface area contributed by atoms with Gasteiger partial charge in [0.1, 0.15) is 11.6 Å². The zero-order valence-corrected chi connectivity index (χ0v) is 8.92. The van der Waals surface area contributed by atoms with Crippen molar-refractivity contribution in [3.63, 3.8) is 0 Å². The predicted octanol–water partition coefficient (Wildman–Crippen LogP) is 3.21. The van der Waals surface area contributed by atoms with Crippen molar-refractivity contribution < 1.29 is 8.78 Å². The summed E-state index contributed by atoms with van der Waals surface area (Å²) in [7, 11) is 0. The maximum atomic E-state index is 13.1. The van der Waals surface area contributed by atoms with Gasteiger partial charge in [0.05, 0.1) is 10.1 Å². The monoisotopic (exact) mass is 228 g/mol. The fourth-order valence-electron chi connectivity index (χ4n) is 1.06. The van der Waals surface area contributed by atoms with Crippen molar-refractivity contribution in [3.8, 4) is 0 Å². The Morgan fingerprint density at radius 3 is 2.53 bits per heavy atom. The van der Waals surface area contributed by atoms with Gasteiger partial charge in [0, 0.05) is 12.5 Å². The molecule has 0 spiro atoms. The van der Waals surface area contributed by atoms with Crippen LogP contribution in [0.4, 0.5) is 8.78 Å². The van der Waals surface area contributed by atoms with Crippen LogP contribution in [0.3, 0.4) is 0 Å². The largest absolute Gasteiger partial charge is 0.298 e. The highest BCUT2D eigenvalue weighted by Gasteiger charge is 2.07. The van der Waals surface area contributed by atoms with Crippen LogP contribution in [0.15, 0.2) is 18.2 Å². The van der Waals surface area contributed by atoms with Crippen LogP contribution in [-0.4, -0.2) is 10.1 Å². The van der Waals surface area contributed by atoms with E-state index in [4.69, 9.17) is 10.8 Å². The number of hydrogen-bond donors (Lipinski definition) is 2. The van der Waals surface area contributed by atoms with E-state index in [9.17, 15) is 8.78 Å². The van der Waals surface area contributed by atoms with Crippen LogP contribution in [0.1, 0.15) is 12.5 Å². The summed E-state index contributed by atoms with van der Waals surface area (Å²) in [5.74, 6) is -1.28. The van der Waals surface area contributed by atoms with Crippen molar-refractivity contribution in [2.24, 2.45) is 0 Å². The molecule has 0 aliphatic carbocycles. The molecule has 0 saturated heterocycles. The van der Waals surface area contributed by atoms with E-state index in [1.54, 1.807) is 6.92 Å². The summed E-state index contributed by atoms with van der Waals surface area (Å²) in [6.45, 7) is 1.56. The summed E-state index contributed by atoms with van der Waals surface area (Å²) in [6, 6.07) is 3.28. The molecule has 0 bridgehead atoms. The fourth-order valence-corrected chi connectivity index (χ4v) is 1.66.